The predicted molar refractivity (Wildman–Crippen MR) is 107 cm³/mol. The van der Waals surface area contributed by atoms with Gasteiger partial charge >= 0.3 is 4.87 Å². The van der Waals surface area contributed by atoms with Gasteiger partial charge in [0, 0.05) is 18.0 Å². The van der Waals surface area contributed by atoms with Gasteiger partial charge < -0.3 is 10.0 Å². The molecule has 1 aliphatic rings. The van der Waals surface area contributed by atoms with Crippen LogP contribution in [0.2, 0.25) is 0 Å². The van der Waals surface area contributed by atoms with Crippen LogP contribution in [0.4, 0.5) is 0 Å². The first-order chi connectivity index (χ1) is 13.6. The SMILES string of the molecule is Cc1sc(=O)n(CC(=O)N2CCCn3nc(CO)cc3C2)c1-c1ccccc1. The molecule has 1 N–H and O–H groups in total. The molecule has 0 fully saturated rings. The van der Waals surface area contributed by atoms with E-state index in [1.807, 2.05) is 48.0 Å². The van der Waals surface area contributed by atoms with Crippen LogP contribution in [0.15, 0.2) is 41.2 Å². The normalized spacial score (nSPS) is 14.0. The molecule has 1 aliphatic heterocycles. The number of aliphatic hydroxyl groups is 1. The summed E-state index contributed by atoms with van der Waals surface area (Å²) in [5, 5.41) is 13.7. The van der Waals surface area contributed by atoms with Crippen molar-refractivity contribution >= 4 is 17.2 Å². The highest BCUT2D eigenvalue weighted by atomic mass is 32.1. The smallest absolute Gasteiger partial charge is 0.308 e. The van der Waals surface area contributed by atoms with Gasteiger partial charge in [0.05, 0.1) is 30.2 Å². The van der Waals surface area contributed by atoms with Gasteiger partial charge in [0.25, 0.3) is 0 Å². The molecule has 0 aliphatic carbocycles. The van der Waals surface area contributed by atoms with E-state index in [9.17, 15) is 14.7 Å². The standard InChI is InChI=1S/C20H22N4O3S/c1-14-19(15-6-3-2-4-7-15)23(20(27)28-14)12-18(26)22-8-5-9-24-17(11-22)10-16(13-25)21-24/h2-4,6-7,10,25H,5,8-9,11-13H2,1H3. The maximum absolute atomic E-state index is 13.0. The third kappa shape index (κ3) is 3.53. The Hall–Kier alpha value is -2.71. The molecular formula is C20H22N4O3S. The van der Waals surface area contributed by atoms with E-state index in [1.165, 1.54) is 11.3 Å². The number of hydrogen-bond donors (Lipinski definition) is 1. The first-order valence-corrected chi connectivity index (χ1v) is 10.1. The lowest BCUT2D eigenvalue weighted by molar-refractivity contribution is -0.132. The first-order valence-electron chi connectivity index (χ1n) is 9.26. The largest absolute Gasteiger partial charge is 0.390 e. The van der Waals surface area contributed by atoms with Crippen LogP contribution in [0.25, 0.3) is 11.3 Å². The summed E-state index contributed by atoms with van der Waals surface area (Å²) in [6.45, 7) is 3.59. The molecule has 0 spiro atoms. The van der Waals surface area contributed by atoms with Gasteiger partial charge in [-0.25, -0.2) is 0 Å². The Labute approximate surface area is 166 Å². The van der Waals surface area contributed by atoms with Crippen LogP contribution in [0.5, 0.6) is 0 Å². The molecule has 0 radical (unpaired) electrons. The number of carbonyl (C=O) groups excluding carboxylic acids is 1. The van der Waals surface area contributed by atoms with Crippen molar-refractivity contribution < 1.29 is 9.90 Å². The molecule has 0 unspecified atom stereocenters. The summed E-state index contributed by atoms with van der Waals surface area (Å²) in [4.78, 5) is 28.1. The molecule has 0 bridgehead atoms. The van der Waals surface area contributed by atoms with E-state index in [2.05, 4.69) is 5.10 Å². The first kappa shape index (κ1) is 18.6. The monoisotopic (exact) mass is 398 g/mol. The quantitative estimate of drug-likeness (QED) is 0.729. The number of thiazole rings is 1. The maximum Gasteiger partial charge on any atom is 0.308 e. The predicted octanol–water partition coefficient (Wildman–Crippen LogP) is 2.01. The highest BCUT2D eigenvalue weighted by molar-refractivity contribution is 7.09. The fourth-order valence-electron chi connectivity index (χ4n) is 3.66. The van der Waals surface area contributed by atoms with E-state index < -0.39 is 0 Å². The molecule has 0 saturated heterocycles. The molecule has 1 amide bonds. The summed E-state index contributed by atoms with van der Waals surface area (Å²) in [7, 11) is 0. The number of aliphatic hydroxyl groups excluding tert-OH is 1. The zero-order chi connectivity index (χ0) is 19.7. The van der Waals surface area contributed by atoms with Gasteiger partial charge in [-0.15, -0.1) is 0 Å². The maximum atomic E-state index is 13.0. The summed E-state index contributed by atoms with van der Waals surface area (Å²) in [6.07, 6.45) is 0.786. The van der Waals surface area contributed by atoms with Gasteiger partial charge in [-0.05, 0) is 25.0 Å². The van der Waals surface area contributed by atoms with Crippen molar-refractivity contribution in [2.45, 2.75) is 39.6 Å². The summed E-state index contributed by atoms with van der Waals surface area (Å²) in [6, 6.07) is 11.5. The average molecular weight is 398 g/mol. The van der Waals surface area contributed by atoms with E-state index in [0.29, 0.717) is 25.3 Å². The van der Waals surface area contributed by atoms with Crippen LogP contribution in [-0.4, -0.2) is 36.8 Å². The van der Waals surface area contributed by atoms with Crippen LogP contribution < -0.4 is 4.87 Å². The Morgan fingerprint density at radius 3 is 2.79 bits per heavy atom. The second-order valence-corrected chi connectivity index (χ2v) is 8.07. The van der Waals surface area contributed by atoms with Gasteiger partial charge in [0.15, 0.2) is 0 Å². The second kappa shape index (κ2) is 7.73. The molecular weight excluding hydrogens is 376 g/mol. The Balaban J connectivity index is 1.60. The van der Waals surface area contributed by atoms with Crippen molar-refractivity contribution in [3.8, 4) is 11.3 Å². The molecule has 0 atom stereocenters. The van der Waals surface area contributed by atoms with Gasteiger partial charge in [-0.2, -0.15) is 5.10 Å². The summed E-state index contributed by atoms with van der Waals surface area (Å²) >= 11 is 1.17. The Morgan fingerprint density at radius 2 is 2.04 bits per heavy atom. The van der Waals surface area contributed by atoms with Crippen molar-refractivity contribution in [1.29, 1.82) is 0 Å². The fraction of sp³-hybridized carbons (Fsp3) is 0.350. The fourth-order valence-corrected chi connectivity index (χ4v) is 4.51. The number of rotatable bonds is 4. The third-order valence-corrected chi connectivity index (χ3v) is 5.88. The number of benzene rings is 1. The molecule has 1 aromatic carbocycles. The van der Waals surface area contributed by atoms with Crippen molar-refractivity contribution in [2.24, 2.45) is 0 Å². The van der Waals surface area contributed by atoms with E-state index >= 15 is 0 Å². The Bertz CT molecular complexity index is 1050. The van der Waals surface area contributed by atoms with E-state index in [-0.39, 0.29) is 23.9 Å². The minimum atomic E-state index is -0.118. The lowest BCUT2D eigenvalue weighted by Crippen LogP contribution is -2.35. The lowest BCUT2D eigenvalue weighted by atomic mass is 10.1. The van der Waals surface area contributed by atoms with E-state index in [1.54, 1.807) is 9.47 Å². The zero-order valence-corrected chi connectivity index (χ0v) is 16.5. The Kier molecular flexibility index (Phi) is 5.15. The highest BCUT2D eigenvalue weighted by Crippen LogP contribution is 2.25. The van der Waals surface area contributed by atoms with Crippen LogP contribution in [0.3, 0.4) is 0 Å². The molecule has 3 aromatic rings. The highest BCUT2D eigenvalue weighted by Gasteiger charge is 2.23. The van der Waals surface area contributed by atoms with Crippen molar-refractivity contribution in [3.05, 3.63) is 62.3 Å². The minimum absolute atomic E-state index is 0.0222. The van der Waals surface area contributed by atoms with Crippen molar-refractivity contribution in [3.63, 3.8) is 0 Å². The van der Waals surface area contributed by atoms with Crippen molar-refractivity contribution in [1.82, 2.24) is 19.2 Å². The summed E-state index contributed by atoms with van der Waals surface area (Å²) in [5.74, 6) is -0.0859. The van der Waals surface area contributed by atoms with Crippen LogP contribution >= 0.6 is 11.3 Å². The van der Waals surface area contributed by atoms with Crippen LogP contribution in [0.1, 0.15) is 22.7 Å². The molecule has 2 aromatic heterocycles. The Morgan fingerprint density at radius 1 is 1.25 bits per heavy atom. The topological polar surface area (TPSA) is 80.4 Å². The molecule has 8 heteroatoms. The molecule has 0 saturated carbocycles. The van der Waals surface area contributed by atoms with Gasteiger partial charge in [-0.3, -0.25) is 18.8 Å². The third-order valence-electron chi connectivity index (χ3n) is 4.98. The van der Waals surface area contributed by atoms with Gasteiger partial charge in [0.1, 0.15) is 6.54 Å². The van der Waals surface area contributed by atoms with Gasteiger partial charge in [-0.1, -0.05) is 41.7 Å². The van der Waals surface area contributed by atoms with Crippen LogP contribution in [-0.2, 0) is 31.0 Å². The second-order valence-electron chi connectivity index (χ2n) is 6.90. The molecule has 146 valence electrons. The minimum Gasteiger partial charge on any atom is -0.390 e. The zero-order valence-electron chi connectivity index (χ0n) is 15.7. The number of hydrogen-bond acceptors (Lipinski definition) is 5. The molecule has 3 heterocycles. The molecule has 28 heavy (non-hydrogen) atoms. The number of amides is 1. The van der Waals surface area contributed by atoms with E-state index in [0.717, 1.165) is 28.2 Å². The number of carbonyl (C=O) groups is 1. The summed E-state index contributed by atoms with van der Waals surface area (Å²) in [5.41, 5.74) is 3.27. The van der Waals surface area contributed by atoms with Crippen LogP contribution in [0, 0.1) is 6.92 Å². The number of fused-ring (bicyclic) bond motifs is 1. The average Bonchev–Trinajstić information content (AvgIpc) is 3.14. The van der Waals surface area contributed by atoms with Gasteiger partial charge in [0.2, 0.25) is 5.91 Å². The molecule has 4 rings (SSSR count). The number of aromatic nitrogens is 3. The molecule has 7 nitrogen and oxygen atoms in total. The lowest BCUT2D eigenvalue weighted by Gasteiger charge is -2.21. The summed E-state index contributed by atoms with van der Waals surface area (Å²) < 4.78 is 3.44. The van der Waals surface area contributed by atoms with Crippen molar-refractivity contribution in [2.75, 3.05) is 6.54 Å². The number of aryl methyl sites for hydroxylation is 2. The van der Waals surface area contributed by atoms with E-state index in [4.69, 9.17) is 0 Å². The number of nitrogens with zero attached hydrogens (tertiary/aromatic N) is 4.